The number of benzene rings is 1. The second kappa shape index (κ2) is 6.22. The molecule has 1 aliphatic rings. The minimum atomic E-state index is -0.255. The summed E-state index contributed by atoms with van der Waals surface area (Å²) in [5, 5.41) is 3.09. The molecular weight excluding hydrogens is 242 g/mol. The molecule has 0 unspecified atom stereocenters. The van der Waals surface area contributed by atoms with Gasteiger partial charge in [-0.2, -0.15) is 0 Å². The first kappa shape index (κ1) is 13.4. The van der Waals surface area contributed by atoms with E-state index in [4.69, 9.17) is 5.73 Å². The Morgan fingerprint density at radius 2 is 1.84 bits per heavy atom. The highest BCUT2D eigenvalue weighted by Crippen LogP contribution is 2.16. The van der Waals surface area contributed by atoms with Gasteiger partial charge in [0.2, 0.25) is 11.8 Å². The van der Waals surface area contributed by atoms with E-state index >= 15 is 0 Å². The van der Waals surface area contributed by atoms with Crippen LogP contribution in [-0.4, -0.2) is 36.3 Å². The second-order valence-corrected chi connectivity index (χ2v) is 4.78. The summed E-state index contributed by atoms with van der Waals surface area (Å²) in [6, 6.07) is 9.62. The van der Waals surface area contributed by atoms with Crippen molar-refractivity contribution in [1.29, 1.82) is 0 Å². The molecule has 0 aliphatic carbocycles. The van der Waals surface area contributed by atoms with Gasteiger partial charge in [-0.25, -0.2) is 0 Å². The monoisotopic (exact) mass is 261 g/mol. The molecular formula is C14H19N3O2. The Morgan fingerprint density at radius 1 is 1.21 bits per heavy atom. The molecule has 19 heavy (non-hydrogen) atoms. The Hall–Kier alpha value is -2.04. The summed E-state index contributed by atoms with van der Waals surface area (Å²) in [6.45, 7) is 1.51. The van der Waals surface area contributed by atoms with E-state index in [9.17, 15) is 9.59 Å². The molecule has 0 saturated carbocycles. The second-order valence-electron chi connectivity index (χ2n) is 4.78. The summed E-state index contributed by atoms with van der Waals surface area (Å²) >= 11 is 0. The van der Waals surface area contributed by atoms with Gasteiger partial charge >= 0.3 is 0 Å². The topological polar surface area (TPSA) is 75.4 Å². The quantitative estimate of drug-likeness (QED) is 0.842. The zero-order chi connectivity index (χ0) is 13.7. The molecule has 5 heteroatoms. The summed E-state index contributed by atoms with van der Waals surface area (Å²) in [4.78, 5) is 24.8. The molecule has 3 N–H and O–H groups in total. The van der Waals surface area contributed by atoms with Gasteiger partial charge in [0.05, 0.1) is 6.54 Å². The highest BCUT2D eigenvalue weighted by Gasteiger charge is 2.25. The predicted molar refractivity (Wildman–Crippen MR) is 73.4 cm³/mol. The van der Waals surface area contributed by atoms with Gasteiger partial charge in [0.25, 0.3) is 0 Å². The Kier molecular flexibility index (Phi) is 4.39. The molecule has 0 radical (unpaired) electrons. The molecule has 0 atom stereocenters. The van der Waals surface area contributed by atoms with Crippen molar-refractivity contribution in [2.24, 2.45) is 11.7 Å². The molecule has 1 fully saturated rings. The van der Waals surface area contributed by atoms with Crippen LogP contribution in [0.3, 0.4) is 0 Å². The maximum Gasteiger partial charge on any atom is 0.241 e. The van der Waals surface area contributed by atoms with Crippen LogP contribution in [0.15, 0.2) is 30.3 Å². The van der Waals surface area contributed by atoms with Crippen molar-refractivity contribution in [3.63, 3.8) is 0 Å². The van der Waals surface area contributed by atoms with E-state index in [0.717, 1.165) is 5.69 Å². The lowest BCUT2D eigenvalue weighted by Gasteiger charge is -2.30. The maximum absolute atomic E-state index is 12.0. The van der Waals surface area contributed by atoms with Crippen LogP contribution < -0.4 is 11.1 Å². The summed E-state index contributed by atoms with van der Waals surface area (Å²) < 4.78 is 0. The molecule has 5 nitrogen and oxygen atoms in total. The number of hydrogen-bond donors (Lipinski definition) is 2. The van der Waals surface area contributed by atoms with E-state index in [-0.39, 0.29) is 24.3 Å². The molecule has 2 amide bonds. The van der Waals surface area contributed by atoms with Crippen LogP contribution in [0.2, 0.25) is 0 Å². The number of para-hydroxylation sites is 1. The van der Waals surface area contributed by atoms with E-state index in [1.807, 2.05) is 30.3 Å². The first-order valence-electron chi connectivity index (χ1n) is 6.53. The lowest BCUT2D eigenvalue weighted by atomic mass is 9.96. The van der Waals surface area contributed by atoms with Gasteiger partial charge in [-0.1, -0.05) is 18.2 Å². The van der Waals surface area contributed by atoms with E-state index in [1.54, 1.807) is 4.90 Å². The van der Waals surface area contributed by atoms with E-state index in [2.05, 4.69) is 5.32 Å². The van der Waals surface area contributed by atoms with Crippen molar-refractivity contribution in [3.8, 4) is 0 Å². The Bertz CT molecular complexity index is 439. The number of amides is 2. The SMILES string of the molecule is NC(=O)C1CCN(C(=O)CNc2ccccc2)CC1. The largest absolute Gasteiger partial charge is 0.376 e. The Labute approximate surface area is 112 Å². The van der Waals surface area contributed by atoms with Crippen LogP contribution in [0.4, 0.5) is 5.69 Å². The highest BCUT2D eigenvalue weighted by molar-refractivity contribution is 5.81. The number of carbonyl (C=O) groups is 2. The minimum Gasteiger partial charge on any atom is -0.376 e. The molecule has 0 spiro atoms. The lowest BCUT2D eigenvalue weighted by Crippen LogP contribution is -2.43. The van der Waals surface area contributed by atoms with Gasteiger partial charge in [-0.3, -0.25) is 9.59 Å². The van der Waals surface area contributed by atoms with Crippen LogP contribution in [0.5, 0.6) is 0 Å². The van der Waals surface area contributed by atoms with Crippen LogP contribution in [0.1, 0.15) is 12.8 Å². The van der Waals surface area contributed by atoms with Gasteiger partial charge in [0.15, 0.2) is 0 Å². The van der Waals surface area contributed by atoms with Crippen molar-refractivity contribution < 1.29 is 9.59 Å². The van der Waals surface area contributed by atoms with Crippen molar-refractivity contribution in [1.82, 2.24) is 4.90 Å². The average molecular weight is 261 g/mol. The third-order valence-electron chi connectivity index (χ3n) is 3.47. The van der Waals surface area contributed by atoms with Crippen molar-refractivity contribution in [3.05, 3.63) is 30.3 Å². The Morgan fingerprint density at radius 3 is 2.42 bits per heavy atom. The third-order valence-corrected chi connectivity index (χ3v) is 3.47. The molecule has 1 aromatic carbocycles. The number of primary amides is 1. The number of hydrogen-bond acceptors (Lipinski definition) is 3. The average Bonchev–Trinajstić information content (AvgIpc) is 2.46. The summed E-state index contributed by atoms with van der Waals surface area (Å²) in [5.41, 5.74) is 6.20. The number of nitrogens with one attached hydrogen (secondary N) is 1. The highest BCUT2D eigenvalue weighted by atomic mass is 16.2. The molecule has 102 valence electrons. The fourth-order valence-electron chi connectivity index (χ4n) is 2.26. The van der Waals surface area contributed by atoms with Crippen LogP contribution >= 0.6 is 0 Å². The number of carbonyl (C=O) groups excluding carboxylic acids is 2. The molecule has 1 saturated heterocycles. The fraction of sp³-hybridized carbons (Fsp3) is 0.429. The summed E-state index contributed by atoms with van der Waals surface area (Å²) in [7, 11) is 0. The third kappa shape index (κ3) is 3.71. The van der Waals surface area contributed by atoms with E-state index in [0.29, 0.717) is 25.9 Å². The molecule has 1 heterocycles. The van der Waals surface area contributed by atoms with Crippen molar-refractivity contribution in [2.45, 2.75) is 12.8 Å². The molecule has 2 rings (SSSR count). The zero-order valence-electron chi connectivity index (χ0n) is 10.8. The smallest absolute Gasteiger partial charge is 0.241 e. The van der Waals surface area contributed by atoms with E-state index in [1.165, 1.54) is 0 Å². The minimum absolute atomic E-state index is 0.0618. The molecule has 0 bridgehead atoms. The van der Waals surface area contributed by atoms with Crippen LogP contribution in [0, 0.1) is 5.92 Å². The Balaban J connectivity index is 1.77. The van der Waals surface area contributed by atoms with Gasteiger partial charge in [-0.15, -0.1) is 0 Å². The maximum atomic E-state index is 12.0. The molecule has 1 aromatic rings. The van der Waals surface area contributed by atoms with Gasteiger partial charge in [-0.05, 0) is 25.0 Å². The number of anilines is 1. The number of rotatable bonds is 4. The van der Waals surface area contributed by atoms with Crippen molar-refractivity contribution in [2.75, 3.05) is 25.0 Å². The molecule has 1 aliphatic heterocycles. The summed E-state index contributed by atoms with van der Waals surface area (Å²) in [6.07, 6.45) is 1.35. The zero-order valence-corrected chi connectivity index (χ0v) is 10.8. The lowest BCUT2D eigenvalue weighted by molar-refractivity contribution is -0.133. The van der Waals surface area contributed by atoms with E-state index < -0.39 is 0 Å². The van der Waals surface area contributed by atoms with Crippen molar-refractivity contribution >= 4 is 17.5 Å². The number of likely N-dealkylation sites (tertiary alicyclic amines) is 1. The number of piperidine rings is 1. The summed E-state index contributed by atoms with van der Waals surface area (Å²) in [5.74, 6) is -0.271. The fourth-order valence-corrected chi connectivity index (χ4v) is 2.26. The van der Waals surface area contributed by atoms with Crippen LogP contribution in [0.25, 0.3) is 0 Å². The predicted octanol–water partition coefficient (Wildman–Crippen LogP) is 0.822. The van der Waals surface area contributed by atoms with Gasteiger partial charge in [0.1, 0.15) is 0 Å². The molecule has 0 aromatic heterocycles. The number of nitrogens with zero attached hydrogens (tertiary/aromatic N) is 1. The normalized spacial score (nSPS) is 16.1. The van der Waals surface area contributed by atoms with Gasteiger partial charge in [0, 0.05) is 24.7 Å². The first-order valence-corrected chi connectivity index (χ1v) is 6.53. The van der Waals surface area contributed by atoms with Crippen LogP contribution in [-0.2, 0) is 9.59 Å². The first-order chi connectivity index (χ1) is 9.16. The number of nitrogens with two attached hydrogens (primary N) is 1. The van der Waals surface area contributed by atoms with Gasteiger partial charge < -0.3 is 16.0 Å². The standard InChI is InChI=1S/C14H19N3O2/c15-14(19)11-6-8-17(9-7-11)13(18)10-16-12-4-2-1-3-5-12/h1-5,11,16H,6-10H2,(H2,15,19).